The van der Waals surface area contributed by atoms with Gasteiger partial charge >= 0.3 is 0 Å². The van der Waals surface area contributed by atoms with Crippen LogP contribution in [0.1, 0.15) is 13.3 Å². The number of hydrazine groups is 1. The third-order valence-electron chi connectivity index (χ3n) is 0.739. The summed E-state index contributed by atoms with van der Waals surface area (Å²) in [7, 11) is 1.72. The summed E-state index contributed by atoms with van der Waals surface area (Å²) >= 11 is 0. The van der Waals surface area contributed by atoms with Crippen LogP contribution in [0.4, 0.5) is 0 Å². The van der Waals surface area contributed by atoms with E-state index in [2.05, 4.69) is 9.98 Å². The quantitative estimate of drug-likeness (QED) is 0.265. The summed E-state index contributed by atoms with van der Waals surface area (Å²) in [5.41, 5.74) is 0. The van der Waals surface area contributed by atoms with Crippen LogP contribution in [0.3, 0.4) is 0 Å². The van der Waals surface area contributed by atoms with E-state index >= 15 is 0 Å². The maximum atomic E-state index is 5.24. The van der Waals surface area contributed by atoms with Gasteiger partial charge in [-0.25, -0.2) is 5.84 Å². The Kier molecular flexibility index (Phi) is 5.66. The molecule has 10 heavy (non-hydrogen) atoms. The van der Waals surface area contributed by atoms with E-state index in [9.17, 15) is 0 Å². The molecule has 0 fully saturated rings. The van der Waals surface area contributed by atoms with Gasteiger partial charge in [-0.05, 0) is 6.42 Å². The molecule has 0 aliphatic carbocycles. The first-order chi connectivity index (χ1) is 4.77. The molecule has 0 atom stereocenters. The van der Waals surface area contributed by atoms with Gasteiger partial charge in [-0.15, -0.1) is 0 Å². The highest BCUT2D eigenvalue weighted by Crippen LogP contribution is 1.72. The van der Waals surface area contributed by atoms with Gasteiger partial charge in [0.15, 0.2) is 0 Å². The molecular weight excluding hydrogens is 128 g/mol. The SMILES string of the molecule is CCC=NCN=CN(C)N. The number of rotatable bonds is 4. The van der Waals surface area contributed by atoms with E-state index in [4.69, 9.17) is 5.84 Å². The van der Waals surface area contributed by atoms with Crippen LogP contribution in [-0.2, 0) is 0 Å². The molecule has 4 heteroatoms. The predicted octanol–water partition coefficient (Wildman–Crippen LogP) is 0.259. The highest BCUT2D eigenvalue weighted by atomic mass is 15.4. The van der Waals surface area contributed by atoms with Crippen LogP contribution < -0.4 is 5.84 Å². The van der Waals surface area contributed by atoms with Crippen LogP contribution in [0.15, 0.2) is 9.98 Å². The van der Waals surface area contributed by atoms with Crippen molar-refractivity contribution >= 4 is 12.6 Å². The Morgan fingerprint density at radius 2 is 2.20 bits per heavy atom. The standard InChI is InChI=1S/C6H14N4/c1-3-4-8-5-9-6-10(2)7/h4,6H,3,5,7H2,1-2H3. The summed E-state index contributed by atoms with van der Waals surface area (Å²) in [6.45, 7) is 2.50. The third-order valence-corrected chi connectivity index (χ3v) is 0.739. The monoisotopic (exact) mass is 142 g/mol. The second-order valence-electron chi connectivity index (χ2n) is 1.88. The van der Waals surface area contributed by atoms with Gasteiger partial charge in [0.25, 0.3) is 0 Å². The van der Waals surface area contributed by atoms with Gasteiger partial charge in [0.05, 0.1) is 0 Å². The molecule has 0 aromatic carbocycles. The number of aliphatic imine (C=N–C) groups is 2. The van der Waals surface area contributed by atoms with E-state index in [-0.39, 0.29) is 0 Å². The maximum absolute atomic E-state index is 5.24. The van der Waals surface area contributed by atoms with Crippen molar-refractivity contribution in [2.45, 2.75) is 13.3 Å². The highest BCUT2D eigenvalue weighted by Gasteiger charge is 1.74. The number of nitrogens with two attached hydrogens (primary N) is 1. The minimum atomic E-state index is 0.468. The second kappa shape index (κ2) is 6.22. The Balaban J connectivity index is 3.26. The molecule has 0 unspecified atom stereocenters. The molecule has 0 saturated heterocycles. The lowest BCUT2D eigenvalue weighted by atomic mass is 10.5. The molecular formula is C6H14N4. The van der Waals surface area contributed by atoms with E-state index < -0.39 is 0 Å². The summed E-state index contributed by atoms with van der Waals surface area (Å²) in [6, 6.07) is 0. The van der Waals surface area contributed by atoms with Crippen LogP contribution in [0.2, 0.25) is 0 Å². The van der Waals surface area contributed by atoms with Gasteiger partial charge in [0.1, 0.15) is 13.0 Å². The molecule has 0 saturated carbocycles. The van der Waals surface area contributed by atoms with Crippen molar-refractivity contribution in [1.82, 2.24) is 5.01 Å². The Morgan fingerprint density at radius 3 is 2.70 bits per heavy atom. The molecule has 0 radical (unpaired) electrons. The van der Waals surface area contributed by atoms with Gasteiger partial charge in [0.2, 0.25) is 0 Å². The van der Waals surface area contributed by atoms with Crippen LogP contribution in [0.25, 0.3) is 0 Å². The fourth-order valence-corrected chi connectivity index (χ4v) is 0.399. The molecule has 0 heterocycles. The first-order valence-corrected chi connectivity index (χ1v) is 3.23. The van der Waals surface area contributed by atoms with Gasteiger partial charge in [-0.3, -0.25) is 9.98 Å². The summed E-state index contributed by atoms with van der Waals surface area (Å²) in [5.74, 6) is 5.24. The minimum absolute atomic E-state index is 0.468. The lowest BCUT2D eigenvalue weighted by Gasteiger charge is -1.99. The van der Waals surface area contributed by atoms with Crippen molar-refractivity contribution in [2.24, 2.45) is 15.8 Å². The first-order valence-electron chi connectivity index (χ1n) is 3.23. The smallest absolute Gasteiger partial charge is 0.130 e. The second-order valence-corrected chi connectivity index (χ2v) is 1.88. The van der Waals surface area contributed by atoms with Crippen LogP contribution in [-0.4, -0.2) is 31.3 Å². The molecule has 58 valence electrons. The summed E-state index contributed by atoms with van der Waals surface area (Å²) in [4.78, 5) is 7.84. The van der Waals surface area contributed by atoms with Gasteiger partial charge in [-0.2, -0.15) is 0 Å². The Labute approximate surface area is 61.4 Å². The van der Waals surface area contributed by atoms with Crippen molar-refractivity contribution in [3.63, 3.8) is 0 Å². The van der Waals surface area contributed by atoms with E-state index in [1.54, 1.807) is 7.05 Å². The maximum Gasteiger partial charge on any atom is 0.130 e. The highest BCUT2D eigenvalue weighted by molar-refractivity contribution is 5.57. The average Bonchev–Trinajstić information content (AvgIpc) is 1.87. The van der Waals surface area contributed by atoms with Crippen LogP contribution in [0, 0.1) is 0 Å². The van der Waals surface area contributed by atoms with Crippen molar-refractivity contribution < 1.29 is 0 Å². The molecule has 0 aliphatic heterocycles. The molecule has 0 spiro atoms. The van der Waals surface area contributed by atoms with E-state index in [0.29, 0.717) is 6.67 Å². The topological polar surface area (TPSA) is 54.0 Å². The van der Waals surface area contributed by atoms with Crippen molar-refractivity contribution in [1.29, 1.82) is 0 Å². The summed E-state index contributed by atoms with van der Waals surface area (Å²) in [5, 5.41) is 1.39. The number of hydrogen-bond donors (Lipinski definition) is 1. The Hall–Kier alpha value is -0.900. The van der Waals surface area contributed by atoms with Crippen LogP contribution >= 0.6 is 0 Å². The van der Waals surface area contributed by atoms with E-state index in [0.717, 1.165) is 6.42 Å². The Bertz CT molecular complexity index is 117. The molecule has 0 aliphatic rings. The fraction of sp³-hybridized carbons (Fsp3) is 0.667. The largest absolute Gasteiger partial charge is 0.304 e. The molecule has 0 rings (SSSR count). The molecule has 0 bridgehead atoms. The molecule has 0 aromatic heterocycles. The van der Waals surface area contributed by atoms with Crippen molar-refractivity contribution in [3.8, 4) is 0 Å². The van der Waals surface area contributed by atoms with Gasteiger partial charge in [-0.1, -0.05) is 6.92 Å². The molecule has 2 N–H and O–H groups in total. The average molecular weight is 142 g/mol. The van der Waals surface area contributed by atoms with Gasteiger partial charge in [0, 0.05) is 13.3 Å². The number of nitrogens with zero attached hydrogens (tertiary/aromatic N) is 3. The van der Waals surface area contributed by atoms with E-state index in [1.165, 1.54) is 11.3 Å². The lowest BCUT2D eigenvalue weighted by molar-refractivity contribution is 0.554. The fourth-order valence-electron chi connectivity index (χ4n) is 0.399. The van der Waals surface area contributed by atoms with Crippen LogP contribution in [0.5, 0.6) is 0 Å². The van der Waals surface area contributed by atoms with E-state index in [1.807, 2.05) is 13.1 Å². The first kappa shape index (κ1) is 9.10. The zero-order chi connectivity index (χ0) is 7.82. The minimum Gasteiger partial charge on any atom is -0.304 e. The summed E-state index contributed by atoms with van der Waals surface area (Å²) in [6.07, 6.45) is 4.31. The zero-order valence-corrected chi connectivity index (χ0v) is 6.49. The molecule has 4 nitrogen and oxygen atoms in total. The van der Waals surface area contributed by atoms with Crippen molar-refractivity contribution in [3.05, 3.63) is 0 Å². The molecule has 0 aromatic rings. The third kappa shape index (κ3) is 7.10. The lowest BCUT2D eigenvalue weighted by Crippen LogP contribution is -2.23. The molecule has 0 amide bonds. The van der Waals surface area contributed by atoms with Crippen molar-refractivity contribution in [2.75, 3.05) is 13.7 Å². The zero-order valence-electron chi connectivity index (χ0n) is 6.49. The summed E-state index contributed by atoms with van der Waals surface area (Å²) < 4.78 is 0. The predicted molar refractivity (Wildman–Crippen MR) is 44.1 cm³/mol. The number of hydrogen-bond acceptors (Lipinski definition) is 3. The normalized spacial score (nSPS) is 11.5. The Morgan fingerprint density at radius 1 is 1.50 bits per heavy atom. The van der Waals surface area contributed by atoms with Gasteiger partial charge < -0.3 is 5.01 Å².